The Kier molecular flexibility index (Phi) is 6.74. The maximum absolute atomic E-state index is 14.5. The highest BCUT2D eigenvalue weighted by molar-refractivity contribution is 7.90. The van der Waals surface area contributed by atoms with Crippen molar-refractivity contribution in [3.8, 4) is 11.6 Å². The summed E-state index contributed by atoms with van der Waals surface area (Å²) in [6.07, 6.45) is 4.80. The number of aromatic nitrogens is 4. The van der Waals surface area contributed by atoms with E-state index in [2.05, 4.69) is 15.1 Å². The Morgan fingerprint density at radius 3 is 2.57 bits per heavy atom. The van der Waals surface area contributed by atoms with E-state index in [-0.39, 0.29) is 35.3 Å². The van der Waals surface area contributed by atoms with E-state index in [4.69, 9.17) is 9.47 Å². The summed E-state index contributed by atoms with van der Waals surface area (Å²) >= 11 is 0. The van der Waals surface area contributed by atoms with Gasteiger partial charge in [-0.15, -0.1) is 0 Å². The van der Waals surface area contributed by atoms with Crippen LogP contribution in [0, 0.1) is 5.82 Å². The van der Waals surface area contributed by atoms with Gasteiger partial charge in [0.1, 0.15) is 18.3 Å². The van der Waals surface area contributed by atoms with Crippen LogP contribution in [0.15, 0.2) is 66.0 Å². The van der Waals surface area contributed by atoms with E-state index >= 15 is 0 Å². The van der Waals surface area contributed by atoms with Gasteiger partial charge in [-0.2, -0.15) is 5.10 Å². The van der Waals surface area contributed by atoms with Gasteiger partial charge in [-0.3, -0.25) is 0 Å². The summed E-state index contributed by atoms with van der Waals surface area (Å²) in [4.78, 5) is 22.5. The monoisotopic (exact) mass is 525 g/mol. The van der Waals surface area contributed by atoms with Gasteiger partial charge in [-0.25, -0.2) is 32.3 Å². The molecule has 5 rings (SSSR count). The number of nitrogens with zero attached hydrogens (tertiary/aromatic N) is 5. The molecule has 0 unspecified atom stereocenters. The standard InChI is InChI=1S/C25H24FN5O5S/c1-37(33,34)19-7-8-22(21(26)13-19)36-24-20-14-29-31(23(20)27-16-28-24)18-9-11-30(12-10-18)25(32)35-15-17-5-3-2-4-6-17/h2-8,13-14,16,18H,9-12,15H2,1H3. The van der Waals surface area contributed by atoms with E-state index in [9.17, 15) is 17.6 Å². The van der Waals surface area contributed by atoms with E-state index in [1.165, 1.54) is 18.5 Å². The van der Waals surface area contributed by atoms with Crippen molar-refractivity contribution >= 4 is 27.0 Å². The van der Waals surface area contributed by atoms with Crippen LogP contribution in [0.4, 0.5) is 9.18 Å². The first-order valence-electron chi connectivity index (χ1n) is 11.6. The number of rotatable bonds is 6. The number of ether oxygens (including phenoxy) is 2. The number of benzene rings is 2. The van der Waals surface area contributed by atoms with Crippen LogP contribution in [0.1, 0.15) is 24.4 Å². The molecule has 4 aromatic rings. The van der Waals surface area contributed by atoms with Crippen LogP contribution in [-0.2, 0) is 21.2 Å². The molecule has 0 radical (unpaired) electrons. The van der Waals surface area contributed by atoms with Gasteiger partial charge < -0.3 is 14.4 Å². The molecule has 1 aliphatic rings. The third-order valence-electron chi connectivity index (χ3n) is 6.17. The second kappa shape index (κ2) is 10.1. The highest BCUT2D eigenvalue weighted by atomic mass is 32.2. The minimum Gasteiger partial charge on any atom is -0.445 e. The van der Waals surface area contributed by atoms with Crippen LogP contribution in [0.5, 0.6) is 11.6 Å². The maximum Gasteiger partial charge on any atom is 0.410 e. The smallest absolute Gasteiger partial charge is 0.410 e. The van der Waals surface area contributed by atoms with Gasteiger partial charge in [0.15, 0.2) is 27.1 Å². The van der Waals surface area contributed by atoms with Crippen molar-refractivity contribution in [2.45, 2.75) is 30.4 Å². The fourth-order valence-electron chi connectivity index (χ4n) is 4.19. The summed E-state index contributed by atoms with van der Waals surface area (Å²) in [6.45, 7) is 1.23. The molecule has 0 N–H and O–H groups in total. The van der Waals surface area contributed by atoms with E-state index < -0.39 is 15.7 Å². The number of piperidine rings is 1. The quantitative estimate of drug-likeness (QED) is 0.369. The first kappa shape index (κ1) is 24.6. The number of hydrogen-bond donors (Lipinski definition) is 0. The van der Waals surface area contributed by atoms with Gasteiger partial charge in [0.25, 0.3) is 0 Å². The van der Waals surface area contributed by atoms with Crippen molar-refractivity contribution in [1.82, 2.24) is 24.6 Å². The first-order valence-corrected chi connectivity index (χ1v) is 13.5. The average molecular weight is 526 g/mol. The van der Waals surface area contributed by atoms with E-state index in [1.807, 2.05) is 30.3 Å². The van der Waals surface area contributed by atoms with Crippen molar-refractivity contribution in [2.75, 3.05) is 19.3 Å². The molecule has 192 valence electrons. The van der Waals surface area contributed by atoms with Crippen LogP contribution >= 0.6 is 0 Å². The summed E-state index contributed by atoms with van der Waals surface area (Å²) in [5.74, 6) is -0.889. The number of hydrogen-bond acceptors (Lipinski definition) is 8. The summed E-state index contributed by atoms with van der Waals surface area (Å²) in [5, 5.41) is 4.95. The predicted molar refractivity (Wildman–Crippen MR) is 131 cm³/mol. The van der Waals surface area contributed by atoms with Gasteiger partial charge in [0, 0.05) is 19.3 Å². The molecule has 10 nitrogen and oxygen atoms in total. The molecular formula is C25H24FN5O5S. The minimum atomic E-state index is -3.55. The SMILES string of the molecule is CS(=O)(=O)c1ccc(Oc2ncnc3c2cnn3C2CCN(C(=O)OCc3ccccc3)CC2)c(F)c1. The molecule has 0 aliphatic carbocycles. The second-order valence-corrected chi connectivity index (χ2v) is 10.7. The van der Waals surface area contributed by atoms with Gasteiger partial charge >= 0.3 is 6.09 Å². The highest BCUT2D eigenvalue weighted by Gasteiger charge is 2.27. The fourth-order valence-corrected chi connectivity index (χ4v) is 4.82. The second-order valence-electron chi connectivity index (χ2n) is 8.73. The Hall–Kier alpha value is -4.06. The average Bonchev–Trinajstić information content (AvgIpc) is 3.34. The number of fused-ring (bicyclic) bond motifs is 1. The highest BCUT2D eigenvalue weighted by Crippen LogP contribution is 2.32. The lowest BCUT2D eigenvalue weighted by atomic mass is 10.1. The normalized spacial score (nSPS) is 14.6. The van der Waals surface area contributed by atoms with Crippen molar-refractivity contribution in [3.63, 3.8) is 0 Å². The summed E-state index contributed by atoms with van der Waals surface area (Å²) in [5.41, 5.74) is 1.45. The molecule has 1 amide bonds. The summed E-state index contributed by atoms with van der Waals surface area (Å²) < 4.78 is 50.7. The van der Waals surface area contributed by atoms with Crippen molar-refractivity contribution in [3.05, 3.63) is 72.4 Å². The van der Waals surface area contributed by atoms with Crippen molar-refractivity contribution < 1.29 is 27.1 Å². The van der Waals surface area contributed by atoms with Crippen molar-refractivity contribution in [2.24, 2.45) is 0 Å². The molecule has 0 spiro atoms. The Bertz CT molecular complexity index is 1540. The third kappa shape index (κ3) is 5.38. The van der Waals surface area contributed by atoms with Crippen LogP contribution in [0.3, 0.4) is 0 Å². The van der Waals surface area contributed by atoms with Crippen LogP contribution in [-0.4, -0.2) is 58.5 Å². The Morgan fingerprint density at radius 2 is 1.86 bits per heavy atom. The van der Waals surface area contributed by atoms with E-state index in [0.29, 0.717) is 37.0 Å². The number of amides is 1. The van der Waals surface area contributed by atoms with Gasteiger partial charge in [0.05, 0.1) is 17.1 Å². The van der Waals surface area contributed by atoms with E-state index in [1.54, 1.807) is 15.8 Å². The largest absolute Gasteiger partial charge is 0.445 e. The molecule has 0 atom stereocenters. The molecular weight excluding hydrogens is 501 g/mol. The molecule has 1 aliphatic heterocycles. The predicted octanol–water partition coefficient (Wildman–Crippen LogP) is 4.13. The van der Waals surface area contributed by atoms with Gasteiger partial charge in [-0.1, -0.05) is 30.3 Å². The lowest BCUT2D eigenvalue weighted by molar-refractivity contribution is 0.0824. The van der Waals surface area contributed by atoms with Crippen LogP contribution < -0.4 is 4.74 Å². The number of halogens is 1. The molecule has 3 heterocycles. The topological polar surface area (TPSA) is 117 Å². The molecule has 1 fully saturated rings. The van der Waals surface area contributed by atoms with Gasteiger partial charge in [0.2, 0.25) is 5.88 Å². The summed E-state index contributed by atoms with van der Waals surface area (Å²) in [7, 11) is -3.55. The summed E-state index contributed by atoms with van der Waals surface area (Å²) in [6, 6.07) is 12.9. The lowest BCUT2D eigenvalue weighted by Crippen LogP contribution is -2.39. The number of sulfone groups is 1. The fraction of sp³-hybridized carbons (Fsp3) is 0.280. The van der Waals surface area contributed by atoms with Crippen LogP contribution in [0.25, 0.3) is 11.0 Å². The maximum atomic E-state index is 14.5. The van der Waals surface area contributed by atoms with E-state index in [0.717, 1.165) is 17.9 Å². The molecule has 0 saturated carbocycles. The van der Waals surface area contributed by atoms with Gasteiger partial charge in [-0.05, 0) is 36.6 Å². The first-order chi connectivity index (χ1) is 17.8. The molecule has 0 bridgehead atoms. The Morgan fingerprint density at radius 1 is 1.11 bits per heavy atom. The molecule has 1 saturated heterocycles. The minimum absolute atomic E-state index is 0.01000. The van der Waals surface area contributed by atoms with Crippen LogP contribution in [0.2, 0.25) is 0 Å². The lowest BCUT2D eigenvalue weighted by Gasteiger charge is -2.31. The number of carbonyl (C=O) groups is 1. The van der Waals surface area contributed by atoms with Crippen molar-refractivity contribution in [1.29, 1.82) is 0 Å². The number of likely N-dealkylation sites (tertiary alicyclic amines) is 1. The molecule has 12 heteroatoms. The molecule has 2 aromatic heterocycles. The number of carbonyl (C=O) groups excluding carboxylic acids is 1. The Balaban J connectivity index is 1.26. The zero-order valence-electron chi connectivity index (χ0n) is 19.9. The zero-order chi connectivity index (χ0) is 26.0. The molecule has 37 heavy (non-hydrogen) atoms. The zero-order valence-corrected chi connectivity index (χ0v) is 20.8. The Labute approximate surface area is 212 Å². The third-order valence-corrected chi connectivity index (χ3v) is 7.28. The molecule has 2 aromatic carbocycles.